The molecule has 0 aromatic heterocycles. The molecule has 1 rings (SSSR count). The van der Waals surface area contributed by atoms with Gasteiger partial charge in [-0.25, -0.2) is 4.39 Å². The van der Waals surface area contributed by atoms with Gasteiger partial charge in [0.15, 0.2) is 0 Å². The lowest BCUT2D eigenvalue weighted by Gasteiger charge is -2.15. The molecule has 58 valence electrons. The Labute approximate surface area is 61.3 Å². The lowest BCUT2D eigenvalue weighted by molar-refractivity contribution is 0.535. The van der Waals surface area contributed by atoms with Gasteiger partial charge in [-0.05, 0) is 31.4 Å². The molecule has 0 aromatic rings. The Kier molecular flexibility index (Phi) is 2.87. The van der Waals surface area contributed by atoms with Crippen molar-refractivity contribution in [1.82, 2.24) is 5.32 Å². The van der Waals surface area contributed by atoms with Crippen LogP contribution in [0.3, 0.4) is 0 Å². The van der Waals surface area contributed by atoms with Crippen molar-refractivity contribution in [3.05, 3.63) is 11.4 Å². The molecule has 1 aliphatic rings. The summed E-state index contributed by atoms with van der Waals surface area (Å²) in [6.45, 7) is 3.66. The number of rotatable bonds is 1. The van der Waals surface area contributed by atoms with Crippen molar-refractivity contribution in [2.45, 2.75) is 26.2 Å². The van der Waals surface area contributed by atoms with Crippen LogP contribution in [0.4, 0.5) is 4.39 Å². The van der Waals surface area contributed by atoms with Gasteiger partial charge in [-0.1, -0.05) is 6.92 Å². The summed E-state index contributed by atoms with van der Waals surface area (Å²) in [7, 11) is 0. The van der Waals surface area contributed by atoms with Crippen molar-refractivity contribution < 1.29 is 4.39 Å². The van der Waals surface area contributed by atoms with Crippen LogP contribution in [0, 0.1) is 0 Å². The normalized spacial score (nSPS) is 24.6. The molecule has 1 heterocycles. The zero-order chi connectivity index (χ0) is 7.40. The van der Waals surface area contributed by atoms with Gasteiger partial charge in [0, 0.05) is 6.54 Å². The summed E-state index contributed by atoms with van der Waals surface area (Å²) >= 11 is 0. The molecule has 2 heteroatoms. The van der Waals surface area contributed by atoms with Gasteiger partial charge in [0.05, 0.1) is 0 Å². The van der Waals surface area contributed by atoms with Gasteiger partial charge in [-0.3, -0.25) is 0 Å². The van der Waals surface area contributed by atoms with Gasteiger partial charge < -0.3 is 5.32 Å². The predicted molar refractivity (Wildman–Crippen MR) is 40.5 cm³/mol. The predicted octanol–water partition coefficient (Wildman–Crippen LogP) is 2.00. The van der Waals surface area contributed by atoms with Crippen LogP contribution < -0.4 is 5.32 Å². The maximum atomic E-state index is 12.9. The van der Waals surface area contributed by atoms with E-state index in [4.69, 9.17) is 0 Å². The van der Waals surface area contributed by atoms with E-state index in [0.29, 0.717) is 6.42 Å². The van der Waals surface area contributed by atoms with Crippen LogP contribution >= 0.6 is 0 Å². The lowest BCUT2D eigenvalue weighted by Crippen LogP contribution is -2.24. The molecule has 0 aromatic carbocycles. The minimum Gasteiger partial charge on any atom is -0.313 e. The zero-order valence-electron chi connectivity index (χ0n) is 6.41. The van der Waals surface area contributed by atoms with Crippen LogP contribution in [-0.4, -0.2) is 13.1 Å². The topological polar surface area (TPSA) is 12.0 Å². The SMILES string of the molecule is CC/C(F)=C1/CCCNC1. The van der Waals surface area contributed by atoms with E-state index in [9.17, 15) is 4.39 Å². The van der Waals surface area contributed by atoms with Gasteiger partial charge in [0.1, 0.15) is 5.83 Å². The number of hydrogen-bond acceptors (Lipinski definition) is 1. The summed E-state index contributed by atoms with van der Waals surface area (Å²) in [6, 6.07) is 0. The second-order valence-electron chi connectivity index (χ2n) is 2.64. The lowest BCUT2D eigenvalue weighted by atomic mass is 10.1. The van der Waals surface area contributed by atoms with Gasteiger partial charge >= 0.3 is 0 Å². The number of allylic oxidation sites excluding steroid dienone is 1. The highest BCUT2D eigenvalue weighted by Gasteiger charge is 2.08. The van der Waals surface area contributed by atoms with Gasteiger partial charge in [0.2, 0.25) is 0 Å². The molecule has 0 aliphatic carbocycles. The maximum absolute atomic E-state index is 12.9. The molecular formula is C8H14FN. The fourth-order valence-electron chi connectivity index (χ4n) is 1.24. The fraction of sp³-hybridized carbons (Fsp3) is 0.750. The van der Waals surface area contributed by atoms with Crippen LogP contribution in [0.5, 0.6) is 0 Å². The summed E-state index contributed by atoms with van der Waals surface area (Å²) < 4.78 is 12.9. The second-order valence-corrected chi connectivity index (χ2v) is 2.64. The highest BCUT2D eigenvalue weighted by Crippen LogP contribution is 2.16. The van der Waals surface area contributed by atoms with Gasteiger partial charge in [0.25, 0.3) is 0 Å². The van der Waals surface area contributed by atoms with Crippen LogP contribution in [0.1, 0.15) is 26.2 Å². The molecule has 0 bridgehead atoms. The molecule has 0 atom stereocenters. The van der Waals surface area contributed by atoms with Crippen LogP contribution in [-0.2, 0) is 0 Å². The molecule has 1 N–H and O–H groups in total. The fourth-order valence-corrected chi connectivity index (χ4v) is 1.24. The third-order valence-electron chi connectivity index (χ3n) is 1.86. The first-order valence-corrected chi connectivity index (χ1v) is 3.91. The molecule has 0 unspecified atom stereocenters. The standard InChI is InChI=1S/C8H14FN/c1-2-8(9)7-4-3-5-10-6-7/h10H,2-6H2,1H3/b8-7+. The highest BCUT2D eigenvalue weighted by atomic mass is 19.1. The van der Waals surface area contributed by atoms with Crippen molar-refractivity contribution in [3.8, 4) is 0 Å². The number of piperidine rings is 1. The summed E-state index contributed by atoms with van der Waals surface area (Å²) in [4.78, 5) is 0. The summed E-state index contributed by atoms with van der Waals surface area (Å²) in [6.07, 6.45) is 2.59. The van der Waals surface area contributed by atoms with Crippen molar-refractivity contribution in [1.29, 1.82) is 0 Å². The first kappa shape index (κ1) is 7.73. The summed E-state index contributed by atoms with van der Waals surface area (Å²) in [5.74, 6) is 0.0900. The van der Waals surface area contributed by atoms with Crippen LogP contribution in [0.25, 0.3) is 0 Å². The van der Waals surface area contributed by atoms with E-state index in [-0.39, 0.29) is 5.83 Å². The quantitative estimate of drug-likeness (QED) is 0.592. The van der Waals surface area contributed by atoms with E-state index in [2.05, 4.69) is 5.32 Å². The molecule has 1 fully saturated rings. The second kappa shape index (κ2) is 3.71. The van der Waals surface area contributed by atoms with E-state index >= 15 is 0 Å². The average Bonchev–Trinajstić information content (AvgIpc) is 2.05. The van der Waals surface area contributed by atoms with E-state index in [0.717, 1.165) is 31.5 Å². The molecule has 0 saturated carbocycles. The van der Waals surface area contributed by atoms with Crippen LogP contribution in [0.15, 0.2) is 11.4 Å². The Morgan fingerprint density at radius 1 is 1.70 bits per heavy atom. The van der Waals surface area contributed by atoms with Crippen molar-refractivity contribution in [2.24, 2.45) is 0 Å². The summed E-state index contributed by atoms with van der Waals surface area (Å²) in [5, 5.41) is 3.15. The van der Waals surface area contributed by atoms with Gasteiger partial charge in [-0.2, -0.15) is 0 Å². The molecule has 0 radical (unpaired) electrons. The van der Waals surface area contributed by atoms with E-state index < -0.39 is 0 Å². The van der Waals surface area contributed by atoms with E-state index in [1.54, 1.807) is 0 Å². The Morgan fingerprint density at radius 2 is 2.50 bits per heavy atom. The molecule has 1 nitrogen and oxygen atoms in total. The van der Waals surface area contributed by atoms with Crippen molar-refractivity contribution in [3.63, 3.8) is 0 Å². The van der Waals surface area contributed by atoms with Crippen molar-refractivity contribution in [2.75, 3.05) is 13.1 Å². The molecule has 10 heavy (non-hydrogen) atoms. The Bertz CT molecular complexity index is 132. The Balaban J connectivity index is 2.51. The highest BCUT2D eigenvalue weighted by molar-refractivity contribution is 5.11. The third kappa shape index (κ3) is 1.81. The smallest absolute Gasteiger partial charge is 0.100 e. The zero-order valence-corrected chi connectivity index (χ0v) is 6.41. The maximum Gasteiger partial charge on any atom is 0.100 e. The summed E-state index contributed by atoms with van der Waals surface area (Å²) in [5.41, 5.74) is 0.980. The minimum atomic E-state index is 0.0900. The van der Waals surface area contributed by atoms with Crippen molar-refractivity contribution >= 4 is 0 Å². The molecule has 0 amide bonds. The number of nitrogens with one attached hydrogen (secondary N) is 1. The average molecular weight is 143 g/mol. The largest absolute Gasteiger partial charge is 0.313 e. The van der Waals surface area contributed by atoms with Gasteiger partial charge in [-0.15, -0.1) is 0 Å². The minimum absolute atomic E-state index is 0.0900. The third-order valence-corrected chi connectivity index (χ3v) is 1.86. The molecule has 0 spiro atoms. The first-order valence-electron chi connectivity index (χ1n) is 3.91. The Morgan fingerprint density at radius 3 is 3.00 bits per heavy atom. The monoisotopic (exact) mass is 143 g/mol. The van der Waals surface area contributed by atoms with Crippen LogP contribution in [0.2, 0.25) is 0 Å². The number of halogens is 1. The molecule has 1 saturated heterocycles. The number of hydrogen-bond donors (Lipinski definition) is 1. The molecular weight excluding hydrogens is 129 g/mol. The molecule has 1 aliphatic heterocycles. The van der Waals surface area contributed by atoms with E-state index in [1.807, 2.05) is 6.92 Å². The Hall–Kier alpha value is -0.370. The van der Waals surface area contributed by atoms with E-state index in [1.165, 1.54) is 0 Å². The first-order chi connectivity index (χ1) is 4.84.